The summed E-state index contributed by atoms with van der Waals surface area (Å²) in [6.07, 6.45) is -6.74. The van der Waals surface area contributed by atoms with Gasteiger partial charge in [0, 0.05) is 83.7 Å². The minimum absolute atomic E-state index is 0.0159. The predicted octanol–water partition coefficient (Wildman–Crippen LogP) is 16.2. The third-order valence-electron chi connectivity index (χ3n) is 16.4. The van der Waals surface area contributed by atoms with E-state index in [1.54, 1.807) is 138 Å². The van der Waals surface area contributed by atoms with E-state index in [9.17, 15) is 38.4 Å². The first kappa shape index (κ1) is 83.1. The van der Waals surface area contributed by atoms with Gasteiger partial charge in [-0.15, -0.1) is 0 Å². The highest BCUT2D eigenvalue weighted by Crippen LogP contribution is 2.46. The maximum absolute atomic E-state index is 16.7. The van der Waals surface area contributed by atoms with Crippen LogP contribution in [0.5, 0.6) is 11.8 Å². The quantitative estimate of drug-likeness (QED) is 0.0812. The molecule has 2 aromatic carbocycles. The summed E-state index contributed by atoms with van der Waals surface area (Å²) in [5.74, 6) is -1.43. The molecular formula is C76H96F4N12O18. The smallest absolute Gasteiger partial charge is 0.415 e. The molecule has 0 saturated carbocycles. The van der Waals surface area contributed by atoms with E-state index in [4.69, 9.17) is 47.4 Å². The highest BCUT2D eigenvalue weighted by atomic mass is 19.1. The lowest BCUT2D eigenvalue weighted by molar-refractivity contribution is -0.0220. The molecule has 110 heavy (non-hydrogen) atoms. The predicted molar refractivity (Wildman–Crippen MR) is 400 cm³/mol. The van der Waals surface area contributed by atoms with E-state index >= 15 is 17.6 Å². The second-order valence-corrected chi connectivity index (χ2v) is 32.5. The van der Waals surface area contributed by atoms with Gasteiger partial charge in [-0.1, -0.05) is 0 Å². The second kappa shape index (κ2) is 32.3. The molecule has 34 heteroatoms. The number of alkyl halides is 2. The number of nitrogens with one attached hydrogen (secondary N) is 4. The molecule has 4 atom stereocenters. The Labute approximate surface area is 634 Å². The molecule has 2 saturated heterocycles. The molecule has 8 heterocycles. The maximum atomic E-state index is 16.7. The number of rotatable bonds is 8. The molecule has 0 radical (unpaired) electrons. The number of nitrogens with zero attached hydrogens (tertiary/aromatic N) is 8. The molecule has 8 amide bonds. The van der Waals surface area contributed by atoms with Crippen LogP contribution in [0.1, 0.15) is 149 Å². The zero-order chi connectivity index (χ0) is 81.2. The average molecular weight is 1540 g/mol. The number of aromatic nitrogens is 4. The van der Waals surface area contributed by atoms with E-state index in [0.29, 0.717) is 33.3 Å². The van der Waals surface area contributed by atoms with Gasteiger partial charge in [0.25, 0.3) is 0 Å². The Balaban J connectivity index is 0.000000253. The summed E-state index contributed by atoms with van der Waals surface area (Å²) in [5.41, 5.74) is -3.47. The summed E-state index contributed by atoms with van der Waals surface area (Å²) < 4.78 is 119. The monoisotopic (exact) mass is 1540 g/mol. The number of fused-ring (bicyclic) bond motifs is 4. The zero-order valence-electron chi connectivity index (χ0n) is 65.4. The van der Waals surface area contributed by atoms with E-state index in [2.05, 4.69) is 41.2 Å². The van der Waals surface area contributed by atoms with Gasteiger partial charge < -0.3 is 57.2 Å². The van der Waals surface area contributed by atoms with Crippen LogP contribution in [0.25, 0.3) is 43.8 Å². The third-order valence-corrected chi connectivity index (χ3v) is 16.4. The van der Waals surface area contributed by atoms with Crippen LogP contribution in [-0.4, -0.2) is 189 Å². The van der Waals surface area contributed by atoms with Gasteiger partial charge in [-0.2, -0.15) is 0 Å². The number of benzene rings is 2. The Morgan fingerprint density at radius 1 is 0.418 bits per heavy atom. The van der Waals surface area contributed by atoms with Crippen LogP contribution >= 0.6 is 0 Å². The van der Waals surface area contributed by atoms with Gasteiger partial charge in [0.1, 0.15) is 82.0 Å². The number of anilines is 6. The van der Waals surface area contributed by atoms with Crippen LogP contribution in [0.3, 0.4) is 0 Å². The lowest BCUT2D eigenvalue weighted by Gasteiger charge is -2.35. The van der Waals surface area contributed by atoms with Crippen LogP contribution in [0, 0.1) is 25.5 Å². The van der Waals surface area contributed by atoms with Gasteiger partial charge in [0.2, 0.25) is 11.8 Å². The van der Waals surface area contributed by atoms with Crippen LogP contribution < -0.4 is 40.5 Å². The van der Waals surface area contributed by atoms with Crippen LogP contribution in [0.15, 0.2) is 49.1 Å². The number of carbonyl (C=O) groups is 8. The van der Waals surface area contributed by atoms with E-state index in [-0.39, 0.29) is 133 Å². The summed E-state index contributed by atoms with van der Waals surface area (Å²) in [7, 11) is 0. The van der Waals surface area contributed by atoms with Crippen molar-refractivity contribution >= 4 is 105 Å². The SMILES string of the molecule is Cc1c(-c2cc3cc(NC(=O)O[C@@H]4CCN(C(=O)OC(C)(C)C)C[C@@H]4F)ncc3c(NC(=O)OC(C)(C)C)c2F)cnc2c1N(C(=O)OC(C)(C)C)CCO2.Cc1c(-c2cc3cc(NC(=O)O[C@H]4CCN(C(=O)OC(C)(C)C)C[C@H]4F)ncc3c(NC(=O)OC(C)(C)C)c2F)cnc2c1N(C(=O)OC(C)(C)C)CCO2. The summed E-state index contributed by atoms with van der Waals surface area (Å²) in [5, 5.41) is 10.9. The largest absolute Gasteiger partial charge is 0.474 e. The number of carbonyl (C=O) groups excluding carboxylic acids is 8. The molecule has 4 N–H and O–H groups in total. The minimum Gasteiger partial charge on any atom is -0.474 e. The van der Waals surface area contributed by atoms with Crippen molar-refractivity contribution in [2.24, 2.45) is 0 Å². The van der Waals surface area contributed by atoms with Crippen LogP contribution in [0.4, 0.5) is 90.3 Å². The fraction of sp³-hybridized carbons (Fsp3) is 0.526. The van der Waals surface area contributed by atoms with Crippen LogP contribution in [0.2, 0.25) is 0 Å². The number of ether oxygens (including phenoxy) is 10. The Bertz CT molecular complexity index is 4260. The molecule has 0 unspecified atom stereocenters. The molecule has 4 aliphatic heterocycles. The Morgan fingerprint density at radius 2 is 0.745 bits per heavy atom. The number of hydrogen-bond acceptors (Lipinski definition) is 22. The van der Waals surface area contributed by atoms with Crippen molar-refractivity contribution in [1.29, 1.82) is 0 Å². The van der Waals surface area contributed by atoms with Crippen molar-refractivity contribution in [2.75, 3.05) is 83.5 Å². The van der Waals surface area contributed by atoms with Gasteiger partial charge in [0.05, 0.1) is 37.6 Å². The normalized spacial score (nSPS) is 17.5. The lowest BCUT2D eigenvalue weighted by atomic mass is 9.96. The van der Waals surface area contributed by atoms with E-state index in [1.165, 1.54) is 68.7 Å². The summed E-state index contributed by atoms with van der Waals surface area (Å²) in [6.45, 7) is 34.2. The first-order chi connectivity index (χ1) is 51.0. The maximum Gasteiger partial charge on any atom is 0.415 e. The second-order valence-electron chi connectivity index (χ2n) is 32.5. The molecule has 6 aromatic rings. The molecule has 596 valence electrons. The molecule has 4 aliphatic rings. The number of likely N-dealkylation sites (tertiary alicyclic amines) is 2. The number of halogens is 4. The highest BCUT2D eigenvalue weighted by molar-refractivity contribution is 6.07. The van der Waals surface area contributed by atoms with Crippen molar-refractivity contribution in [2.45, 2.75) is 209 Å². The molecule has 4 aromatic heterocycles. The third kappa shape index (κ3) is 21.3. The average Bonchev–Trinajstić information content (AvgIpc) is 0.754. The molecule has 0 spiro atoms. The van der Waals surface area contributed by atoms with E-state index in [1.807, 2.05) is 0 Å². The van der Waals surface area contributed by atoms with Crippen molar-refractivity contribution < 1.29 is 103 Å². The first-order valence-corrected chi connectivity index (χ1v) is 35.7. The number of hydrogen-bond donors (Lipinski definition) is 4. The van der Waals surface area contributed by atoms with E-state index in [0.717, 1.165) is 0 Å². The summed E-state index contributed by atoms with van der Waals surface area (Å²) in [4.78, 5) is 126. The van der Waals surface area contributed by atoms with Crippen molar-refractivity contribution in [3.63, 3.8) is 0 Å². The highest BCUT2D eigenvalue weighted by Gasteiger charge is 2.40. The van der Waals surface area contributed by atoms with Gasteiger partial charge in [-0.3, -0.25) is 31.1 Å². The molecule has 2 fully saturated rings. The molecular weight excluding hydrogens is 1440 g/mol. The molecule has 0 bridgehead atoms. The van der Waals surface area contributed by atoms with Crippen molar-refractivity contribution in [3.8, 4) is 34.0 Å². The molecule has 30 nitrogen and oxygen atoms in total. The lowest BCUT2D eigenvalue weighted by Crippen LogP contribution is -2.50. The fourth-order valence-electron chi connectivity index (χ4n) is 11.9. The minimum atomic E-state index is -1.67. The van der Waals surface area contributed by atoms with Crippen LogP contribution in [-0.2, 0) is 37.9 Å². The first-order valence-electron chi connectivity index (χ1n) is 35.7. The summed E-state index contributed by atoms with van der Waals surface area (Å²) in [6, 6.07) is 5.81. The van der Waals surface area contributed by atoms with E-state index < -0.39 is 119 Å². The van der Waals surface area contributed by atoms with Gasteiger partial charge in [0.15, 0.2) is 24.0 Å². The fourth-order valence-corrected chi connectivity index (χ4v) is 11.9. The summed E-state index contributed by atoms with van der Waals surface area (Å²) >= 11 is 0. The van der Waals surface area contributed by atoms with Gasteiger partial charge >= 0.3 is 48.7 Å². The number of amides is 8. The van der Waals surface area contributed by atoms with Crippen molar-refractivity contribution in [3.05, 3.63) is 71.8 Å². The Hall–Kier alpha value is -11.0. The molecule has 10 rings (SSSR count). The Morgan fingerprint density at radius 3 is 1.06 bits per heavy atom. The zero-order valence-corrected chi connectivity index (χ0v) is 65.4. The number of piperidine rings is 2. The van der Waals surface area contributed by atoms with Gasteiger partial charge in [-0.25, -0.2) is 75.9 Å². The molecule has 0 aliphatic carbocycles. The number of pyridine rings is 4. The standard InChI is InChI=1S/2C38H48F2N6O9/c2*1-20-23(17-42-31-30(20)46(13-14-51-31)35(50)55-38(8,9)10)22-15-21-16-27(41-18-24(21)29(28(22)40)44-33(48)53-36(2,3)4)43-32(47)52-26-11-12-45(19-25(26)39)34(49)54-37(5,6)7/h2*15-18,25-26H,11-14,19H2,1-10H3,(H,44,48)(H,41,43,47)/t2*25-,26+/m10/s1. The topological polar surface area (TPSA) is 342 Å². The van der Waals surface area contributed by atoms with Gasteiger partial charge in [-0.05, 0) is 185 Å². The van der Waals surface area contributed by atoms with Crippen molar-refractivity contribution in [1.82, 2.24) is 29.7 Å². The Kier molecular flexibility index (Phi) is 24.4.